The molecule has 0 spiro atoms. The number of rotatable bonds is 12. The van der Waals surface area contributed by atoms with Crippen molar-refractivity contribution in [1.29, 1.82) is 0 Å². The number of carbonyl (C=O) groups is 2. The monoisotopic (exact) mass is 539 g/mol. The number of alkyl carbamates (subject to hydrolysis) is 1. The van der Waals surface area contributed by atoms with Crippen LogP contribution in [0.15, 0.2) is 51.8 Å². The molecule has 0 saturated heterocycles. The van der Waals surface area contributed by atoms with Crippen LogP contribution in [0.2, 0.25) is 0 Å². The highest BCUT2D eigenvalue weighted by Gasteiger charge is 2.34. The first-order chi connectivity index (χ1) is 18.1. The summed E-state index contributed by atoms with van der Waals surface area (Å²) in [6.45, 7) is 7.62. The summed E-state index contributed by atoms with van der Waals surface area (Å²) < 4.78 is 11.1. The van der Waals surface area contributed by atoms with Gasteiger partial charge in [0.1, 0.15) is 17.1 Å². The number of carbonyl (C=O) groups excluding carboxylic acids is 2. The Morgan fingerprint density at radius 3 is 2.68 bits per heavy atom. The van der Waals surface area contributed by atoms with Crippen molar-refractivity contribution in [1.82, 2.24) is 5.32 Å². The molecule has 3 aromatic rings. The van der Waals surface area contributed by atoms with E-state index in [1.54, 1.807) is 31.3 Å². The molecule has 8 heteroatoms. The van der Waals surface area contributed by atoms with Gasteiger partial charge in [0.05, 0.1) is 7.11 Å². The molecule has 1 aromatic carbocycles. The molecule has 3 rings (SSSR count). The Labute approximate surface area is 227 Å². The van der Waals surface area contributed by atoms with Crippen molar-refractivity contribution in [3.05, 3.63) is 74.8 Å². The van der Waals surface area contributed by atoms with Crippen molar-refractivity contribution >= 4 is 33.3 Å². The summed E-state index contributed by atoms with van der Waals surface area (Å²) in [5.41, 5.74) is -0.738. The number of hydrogen-bond donors (Lipinski definition) is 2. The number of unbranched alkanes of at least 4 members (excludes halogenated alkanes) is 1. The molecule has 38 heavy (non-hydrogen) atoms. The SMILES string of the molecule is CCCCc1ccc2cc(CC(C)(C)C(=O)c3c(O)cc(C(C)CC/C=C/NC(=O)OC)oc3=O)sc2c1. The van der Waals surface area contributed by atoms with Crippen LogP contribution in [-0.4, -0.2) is 24.1 Å². The van der Waals surface area contributed by atoms with E-state index in [9.17, 15) is 19.5 Å². The average Bonchev–Trinajstić information content (AvgIpc) is 3.27. The summed E-state index contributed by atoms with van der Waals surface area (Å²) in [5, 5.41) is 14.3. The van der Waals surface area contributed by atoms with Crippen molar-refractivity contribution < 1.29 is 23.8 Å². The number of amides is 1. The number of Topliss-reactive ketones (excluding diaryl/α,β-unsaturated/α-hetero) is 1. The molecular formula is C30H37NO6S. The molecule has 0 saturated carbocycles. The molecule has 0 aliphatic rings. The number of fused-ring (bicyclic) bond motifs is 1. The summed E-state index contributed by atoms with van der Waals surface area (Å²) in [4.78, 5) is 38.4. The highest BCUT2D eigenvalue weighted by Crippen LogP contribution is 2.35. The van der Waals surface area contributed by atoms with Crippen molar-refractivity contribution in [3.63, 3.8) is 0 Å². The second kappa shape index (κ2) is 12.9. The lowest BCUT2D eigenvalue weighted by atomic mass is 9.81. The lowest BCUT2D eigenvalue weighted by Crippen LogP contribution is -2.31. The summed E-state index contributed by atoms with van der Waals surface area (Å²) >= 11 is 1.66. The minimum atomic E-state index is -0.914. The zero-order chi connectivity index (χ0) is 27.9. The zero-order valence-corrected chi connectivity index (χ0v) is 23.6. The third-order valence-corrected chi connectivity index (χ3v) is 7.72. The van der Waals surface area contributed by atoms with Crippen LogP contribution in [0.25, 0.3) is 10.1 Å². The van der Waals surface area contributed by atoms with Gasteiger partial charge in [0, 0.05) is 33.2 Å². The van der Waals surface area contributed by atoms with Gasteiger partial charge in [-0.15, -0.1) is 11.3 Å². The number of methoxy groups -OCH3 is 1. The number of thiophene rings is 1. The van der Waals surface area contributed by atoms with E-state index in [4.69, 9.17) is 4.42 Å². The maximum Gasteiger partial charge on any atom is 0.410 e. The Hall–Kier alpha value is -3.39. The van der Waals surface area contributed by atoms with Gasteiger partial charge in [-0.2, -0.15) is 0 Å². The third-order valence-electron chi connectivity index (χ3n) is 6.62. The number of hydrogen-bond acceptors (Lipinski definition) is 7. The van der Waals surface area contributed by atoms with E-state index in [1.165, 1.54) is 29.6 Å². The number of nitrogens with one attached hydrogen (secondary N) is 1. The molecule has 1 atom stereocenters. The van der Waals surface area contributed by atoms with E-state index in [-0.39, 0.29) is 17.2 Å². The molecular weight excluding hydrogens is 502 g/mol. The molecule has 0 bridgehead atoms. The molecule has 2 N–H and O–H groups in total. The van der Waals surface area contributed by atoms with Gasteiger partial charge in [-0.3, -0.25) is 10.1 Å². The van der Waals surface area contributed by atoms with Crippen LogP contribution in [0.1, 0.15) is 85.9 Å². The first-order valence-corrected chi connectivity index (χ1v) is 13.8. The van der Waals surface area contributed by atoms with Gasteiger partial charge in [0.25, 0.3) is 0 Å². The van der Waals surface area contributed by atoms with Crippen molar-refractivity contribution in [3.8, 4) is 5.75 Å². The molecule has 204 valence electrons. The minimum absolute atomic E-state index is 0.186. The fourth-order valence-electron chi connectivity index (χ4n) is 4.32. The molecule has 2 heterocycles. The Morgan fingerprint density at radius 2 is 2.00 bits per heavy atom. The maximum atomic E-state index is 13.4. The van der Waals surface area contributed by atoms with Crippen LogP contribution in [0.5, 0.6) is 5.75 Å². The predicted molar refractivity (Wildman–Crippen MR) is 151 cm³/mol. The maximum absolute atomic E-state index is 13.4. The fourth-order valence-corrected chi connectivity index (χ4v) is 5.67. The van der Waals surface area contributed by atoms with Gasteiger partial charge in [-0.25, -0.2) is 9.59 Å². The molecule has 0 aliphatic carbocycles. The largest absolute Gasteiger partial charge is 0.507 e. The standard InChI is InChI=1S/C30H37NO6S/c1-6-7-11-20-12-13-21-16-22(38-25(21)15-20)18-30(3,4)27(33)26-23(32)17-24(37-28(26)34)19(2)10-8-9-14-31-29(35)36-5/h9,12-17,19,32H,6-8,10-11,18H2,1-5H3,(H,31,35)/b14-9+. The van der Waals surface area contributed by atoms with Crippen LogP contribution in [0.3, 0.4) is 0 Å². The lowest BCUT2D eigenvalue weighted by Gasteiger charge is -2.22. The molecule has 1 unspecified atom stereocenters. The highest BCUT2D eigenvalue weighted by atomic mass is 32.1. The molecule has 1 amide bonds. The lowest BCUT2D eigenvalue weighted by molar-refractivity contribution is 0.0830. The quantitative estimate of drug-likeness (QED) is 0.238. The van der Waals surface area contributed by atoms with Crippen molar-refractivity contribution in [2.24, 2.45) is 5.41 Å². The van der Waals surface area contributed by atoms with Crippen LogP contribution in [-0.2, 0) is 17.6 Å². The van der Waals surface area contributed by atoms with E-state index >= 15 is 0 Å². The average molecular weight is 540 g/mol. The van der Waals surface area contributed by atoms with Crippen LogP contribution < -0.4 is 10.9 Å². The van der Waals surface area contributed by atoms with E-state index in [0.717, 1.165) is 29.5 Å². The normalized spacial score (nSPS) is 12.7. The van der Waals surface area contributed by atoms with Crippen molar-refractivity contribution in [2.45, 2.75) is 72.1 Å². The summed E-state index contributed by atoms with van der Waals surface area (Å²) in [5.74, 6) is -0.685. The summed E-state index contributed by atoms with van der Waals surface area (Å²) in [6, 6.07) is 9.97. The highest BCUT2D eigenvalue weighted by molar-refractivity contribution is 7.19. The topological polar surface area (TPSA) is 106 Å². The predicted octanol–water partition coefficient (Wildman–Crippen LogP) is 7.11. The summed E-state index contributed by atoms with van der Waals surface area (Å²) in [7, 11) is 1.28. The summed E-state index contributed by atoms with van der Waals surface area (Å²) in [6.07, 6.45) is 7.68. The number of aromatic hydroxyl groups is 1. The molecule has 0 aliphatic heterocycles. The molecule has 2 aromatic heterocycles. The van der Waals surface area contributed by atoms with Crippen molar-refractivity contribution in [2.75, 3.05) is 7.11 Å². The van der Waals surface area contributed by atoms with Gasteiger partial charge in [-0.05, 0) is 55.2 Å². The second-order valence-corrected chi connectivity index (χ2v) is 11.5. The number of aryl methyl sites for hydroxylation is 1. The number of ether oxygens (including phenoxy) is 1. The van der Waals surface area contributed by atoms with Crippen LogP contribution in [0, 0.1) is 5.41 Å². The van der Waals surface area contributed by atoms with E-state index in [1.807, 2.05) is 6.92 Å². The van der Waals surface area contributed by atoms with Gasteiger partial charge >= 0.3 is 11.7 Å². The zero-order valence-electron chi connectivity index (χ0n) is 22.8. The van der Waals surface area contributed by atoms with Crippen LogP contribution in [0.4, 0.5) is 4.79 Å². The smallest absolute Gasteiger partial charge is 0.410 e. The fraction of sp³-hybridized carbons (Fsp3) is 0.433. The second-order valence-electron chi connectivity index (χ2n) is 10.3. The third kappa shape index (κ3) is 7.34. The molecule has 0 fully saturated rings. The first-order valence-electron chi connectivity index (χ1n) is 13.0. The molecule has 7 nitrogen and oxygen atoms in total. The number of ketones is 1. The number of allylic oxidation sites excluding steroid dienone is 1. The van der Waals surface area contributed by atoms with Gasteiger partial charge in [-0.1, -0.05) is 52.3 Å². The Morgan fingerprint density at radius 1 is 1.24 bits per heavy atom. The minimum Gasteiger partial charge on any atom is -0.507 e. The Balaban J connectivity index is 1.71. The number of benzene rings is 1. The van der Waals surface area contributed by atoms with Crippen LogP contribution >= 0.6 is 11.3 Å². The van der Waals surface area contributed by atoms with E-state index < -0.39 is 22.9 Å². The van der Waals surface area contributed by atoms with Gasteiger partial charge in [0.15, 0.2) is 5.78 Å². The van der Waals surface area contributed by atoms with E-state index in [2.05, 4.69) is 41.2 Å². The van der Waals surface area contributed by atoms with E-state index in [0.29, 0.717) is 25.0 Å². The molecule has 0 radical (unpaired) electrons. The van der Waals surface area contributed by atoms with Gasteiger partial charge in [0.2, 0.25) is 0 Å². The Kier molecular flexibility index (Phi) is 9.91. The first kappa shape index (κ1) is 29.2. The Bertz CT molecular complexity index is 1370. The van der Waals surface area contributed by atoms with Gasteiger partial charge < -0.3 is 14.3 Å².